The molecule has 0 radical (unpaired) electrons. The van der Waals surface area contributed by atoms with Crippen molar-refractivity contribution >= 4 is 34.6 Å². The molecule has 0 saturated carbocycles. The number of rotatable bonds is 5. The molecule has 2 aromatic rings. The molecule has 0 aliphatic carbocycles. The van der Waals surface area contributed by atoms with Gasteiger partial charge in [-0.25, -0.2) is 0 Å². The lowest BCUT2D eigenvalue weighted by molar-refractivity contribution is -0.137. The first-order valence-electron chi connectivity index (χ1n) is 8.39. The highest BCUT2D eigenvalue weighted by atomic mass is 35.5. The fraction of sp³-hybridized carbons (Fsp3) is 0.389. The van der Waals surface area contributed by atoms with Gasteiger partial charge in [0.2, 0.25) is 0 Å². The normalized spacial score (nSPS) is 17.1. The molecule has 1 fully saturated rings. The maximum Gasteiger partial charge on any atom is 0.416 e. The summed E-state index contributed by atoms with van der Waals surface area (Å²) in [5.74, 6) is 0.687. The minimum Gasteiger partial charge on any atom is -0.467 e. The van der Waals surface area contributed by atoms with E-state index in [1.165, 1.54) is 6.07 Å². The number of thiocarbonyl (C=S) groups is 1. The van der Waals surface area contributed by atoms with Crippen LogP contribution in [0.2, 0.25) is 5.02 Å². The van der Waals surface area contributed by atoms with Gasteiger partial charge in [-0.15, -0.1) is 0 Å². The van der Waals surface area contributed by atoms with E-state index in [2.05, 4.69) is 5.32 Å². The lowest BCUT2D eigenvalue weighted by atomic mass is 10.2. The van der Waals surface area contributed by atoms with Crippen molar-refractivity contribution < 1.29 is 22.3 Å². The van der Waals surface area contributed by atoms with E-state index in [1.54, 1.807) is 17.2 Å². The van der Waals surface area contributed by atoms with Crippen LogP contribution in [0.1, 0.15) is 24.2 Å². The molecule has 9 heteroatoms. The van der Waals surface area contributed by atoms with Crippen LogP contribution in [0, 0.1) is 0 Å². The number of hydrogen-bond donors (Lipinski definition) is 1. The molecular formula is C18H18ClF3N2O2S. The van der Waals surface area contributed by atoms with Gasteiger partial charge in [-0.3, -0.25) is 0 Å². The van der Waals surface area contributed by atoms with E-state index in [9.17, 15) is 13.2 Å². The van der Waals surface area contributed by atoms with Crippen molar-refractivity contribution in [2.24, 2.45) is 0 Å². The number of alkyl halides is 3. The zero-order valence-corrected chi connectivity index (χ0v) is 15.8. The Labute approximate surface area is 165 Å². The van der Waals surface area contributed by atoms with Gasteiger partial charge in [0.25, 0.3) is 0 Å². The van der Waals surface area contributed by atoms with Gasteiger partial charge in [-0.1, -0.05) is 11.6 Å². The molecule has 3 rings (SSSR count). The Morgan fingerprint density at radius 2 is 2.15 bits per heavy atom. The molecule has 1 aromatic carbocycles. The summed E-state index contributed by atoms with van der Waals surface area (Å²) < 4.78 is 50.0. The highest BCUT2D eigenvalue weighted by molar-refractivity contribution is 7.80. The molecule has 146 valence electrons. The van der Waals surface area contributed by atoms with Crippen molar-refractivity contribution in [1.82, 2.24) is 4.90 Å². The van der Waals surface area contributed by atoms with Gasteiger partial charge in [0.15, 0.2) is 5.11 Å². The summed E-state index contributed by atoms with van der Waals surface area (Å²) in [5.41, 5.74) is -0.692. The molecule has 0 unspecified atom stereocenters. The SMILES string of the molecule is FC(F)(F)c1ccc(Cl)c(NC(=S)N(Cc2ccco2)C[C@H]2CCCO2)c1. The largest absolute Gasteiger partial charge is 0.467 e. The van der Waals surface area contributed by atoms with E-state index in [0.29, 0.717) is 25.5 Å². The third-order valence-corrected chi connectivity index (χ3v) is 4.89. The first-order chi connectivity index (χ1) is 12.8. The fourth-order valence-electron chi connectivity index (χ4n) is 2.84. The molecule has 0 bridgehead atoms. The zero-order chi connectivity index (χ0) is 19.4. The standard InChI is InChI=1S/C18H18ClF3N2O2S/c19-15-6-5-12(18(20,21)22)9-16(15)23-17(27)24(10-13-3-1-7-25-13)11-14-4-2-8-26-14/h1,3,5-7,9,14H,2,4,8,10-11H2,(H,23,27)/t14-/m1/s1. The molecule has 1 saturated heterocycles. The number of nitrogens with one attached hydrogen (secondary N) is 1. The smallest absolute Gasteiger partial charge is 0.416 e. The summed E-state index contributed by atoms with van der Waals surface area (Å²) in [6, 6.07) is 6.66. The Balaban J connectivity index is 1.77. The van der Waals surface area contributed by atoms with Gasteiger partial charge >= 0.3 is 6.18 Å². The van der Waals surface area contributed by atoms with E-state index in [-0.39, 0.29) is 21.9 Å². The van der Waals surface area contributed by atoms with E-state index < -0.39 is 11.7 Å². The molecule has 0 spiro atoms. The quantitative estimate of drug-likeness (QED) is 0.664. The molecule has 4 nitrogen and oxygen atoms in total. The van der Waals surface area contributed by atoms with Gasteiger partial charge < -0.3 is 19.4 Å². The molecule has 1 aliphatic rings. The van der Waals surface area contributed by atoms with Crippen molar-refractivity contribution in [1.29, 1.82) is 0 Å². The average molecular weight is 419 g/mol. The van der Waals surface area contributed by atoms with Crippen LogP contribution in [0.4, 0.5) is 18.9 Å². The molecule has 1 aliphatic heterocycles. The summed E-state index contributed by atoms with van der Waals surface area (Å²) in [6.07, 6.45) is -1.02. The lowest BCUT2D eigenvalue weighted by Gasteiger charge is -2.28. The topological polar surface area (TPSA) is 37.6 Å². The van der Waals surface area contributed by atoms with Crippen molar-refractivity contribution in [3.05, 3.63) is 52.9 Å². The number of halogens is 4. The van der Waals surface area contributed by atoms with Gasteiger partial charge in [0.05, 0.1) is 35.2 Å². The van der Waals surface area contributed by atoms with Gasteiger partial charge in [-0.05, 0) is 55.4 Å². The van der Waals surface area contributed by atoms with Crippen LogP contribution in [0.15, 0.2) is 41.0 Å². The molecule has 2 heterocycles. The zero-order valence-electron chi connectivity index (χ0n) is 14.3. The third kappa shape index (κ3) is 5.37. The number of hydrogen-bond acceptors (Lipinski definition) is 3. The van der Waals surface area contributed by atoms with E-state index in [1.807, 2.05) is 6.07 Å². The highest BCUT2D eigenvalue weighted by Gasteiger charge is 2.31. The molecule has 0 amide bonds. The summed E-state index contributed by atoms with van der Waals surface area (Å²) >= 11 is 11.5. The highest BCUT2D eigenvalue weighted by Crippen LogP contribution is 2.34. The van der Waals surface area contributed by atoms with Crippen molar-refractivity contribution in [2.75, 3.05) is 18.5 Å². The predicted octanol–water partition coefficient (Wildman–Crippen LogP) is 5.33. The number of nitrogens with zero attached hydrogens (tertiary/aromatic N) is 1. The summed E-state index contributed by atoms with van der Waals surface area (Å²) in [5, 5.41) is 3.24. The maximum absolute atomic E-state index is 13.0. The second-order valence-corrected chi connectivity index (χ2v) is 7.01. The Morgan fingerprint density at radius 1 is 1.33 bits per heavy atom. The van der Waals surface area contributed by atoms with Crippen LogP contribution in [0.3, 0.4) is 0 Å². The van der Waals surface area contributed by atoms with Crippen molar-refractivity contribution in [3.63, 3.8) is 0 Å². The first-order valence-corrected chi connectivity index (χ1v) is 9.18. The molecular weight excluding hydrogens is 401 g/mol. The minimum atomic E-state index is -4.46. The van der Waals surface area contributed by atoms with Crippen LogP contribution in [0.5, 0.6) is 0 Å². The number of anilines is 1. The minimum absolute atomic E-state index is 0.0108. The van der Waals surface area contributed by atoms with Crippen LogP contribution in [0.25, 0.3) is 0 Å². The van der Waals surface area contributed by atoms with Gasteiger partial charge in [0, 0.05) is 13.2 Å². The Morgan fingerprint density at radius 3 is 2.78 bits per heavy atom. The monoisotopic (exact) mass is 418 g/mol. The third-order valence-electron chi connectivity index (χ3n) is 4.20. The average Bonchev–Trinajstić information content (AvgIpc) is 3.29. The fourth-order valence-corrected chi connectivity index (χ4v) is 3.25. The summed E-state index contributed by atoms with van der Waals surface area (Å²) in [6.45, 7) is 1.57. The number of benzene rings is 1. The summed E-state index contributed by atoms with van der Waals surface area (Å²) in [4.78, 5) is 1.81. The van der Waals surface area contributed by atoms with Gasteiger partial charge in [0.1, 0.15) is 5.76 Å². The molecule has 1 atom stereocenters. The van der Waals surface area contributed by atoms with Crippen LogP contribution < -0.4 is 5.32 Å². The second-order valence-electron chi connectivity index (χ2n) is 6.22. The van der Waals surface area contributed by atoms with Gasteiger partial charge in [-0.2, -0.15) is 13.2 Å². The predicted molar refractivity (Wildman–Crippen MR) is 101 cm³/mol. The van der Waals surface area contributed by atoms with Crippen molar-refractivity contribution in [2.45, 2.75) is 31.7 Å². The molecule has 27 heavy (non-hydrogen) atoms. The maximum atomic E-state index is 13.0. The summed E-state index contributed by atoms with van der Waals surface area (Å²) in [7, 11) is 0. The number of ether oxygens (including phenoxy) is 1. The Kier molecular flexibility index (Phi) is 6.29. The molecule has 1 aromatic heterocycles. The van der Waals surface area contributed by atoms with E-state index >= 15 is 0 Å². The van der Waals surface area contributed by atoms with Crippen LogP contribution >= 0.6 is 23.8 Å². The van der Waals surface area contributed by atoms with E-state index in [4.69, 9.17) is 33.0 Å². The number of furan rings is 1. The van der Waals surface area contributed by atoms with E-state index in [0.717, 1.165) is 25.0 Å². The molecule has 1 N–H and O–H groups in total. The lowest BCUT2D eigenvalue weighted by Crippen LogP contribution is -2.39. The second kappa shape index (κ2) is 8.50. The Hall–Kier alpha value is -1.77. The van der Waals surface area contributed by atoms with Crippen molar-refractivity contribution in [3.8, 4) is 0 Å². The Bertz CT molecular complexity index is 777. The first kappa shape index (κ1) is 20.0. The van der Waals surface area contributed by atoms with Crippen LogP contribution in [-0.4, -0.2) is 29.3 Å². The van der Waals surface area contributed by atoms with Crippen LogP contribution in [-0.2, 0) is 17.5 Å².